The summed E-state index contributed by atoms with van der Waals surface area (Å²) in [5.41, 5.74) is 0.487. The highest BCUT2D eigenvalue weighted by Gasteiger charge is 2.27. The predicted molar refractivity (Wildman–Crippen MR) is 85.0 cm³/mol. The fraction of sp³-hybridized carbons (Fsp3) is 0.538. The topological polar surface area (TPSA) is 58.4 Å². The molecule has 0 aromatic heterocycles. The maximum Gasteiger partial charge on any atom is 0.274 e. The molecular weight excluding hydrogens is 320 g/mol. The summed E-state index contributed by atoms with van der Waals surface area (Å²) in [6.45, 7) is 5.35. The van der Waals surface area contributed by atoms with Crippen molar-refractivity contribution in [1.82, 2.24) is 10.2 Å². The third kappa shape index (κ3) is 4.78. The van der Waals surface area contributed by atoms with Gasteiger partial charge in [0.25, 0.3) is 5.69 Å². The molecule has 1 aliphatic heterocycles. The summed E-state index contributed by atoms with van der Waals surface area (Å²) >= 11 is 0. The number of nitrogens with zero attached hydrogens (tertiary/aromatic N) is 2. The van der Waals surface area contributed by atoms with Crippen molar-refractivity contribution in [2.24, 2.45) is 0 Å². The molecule has 1 N–H and O–H groups in total. The lowest BCUT2D eigenvalue weighted by Gasteiger charge is -2.34. The van der Waals surface area contributed by atoms with Crippen LogP contribution in [0.25, 0.3) is 0 Å². The number of piperazine rings is 1. The molecule has 8 heteroatoms. The molecule has 1 fully saturated rings. The zero-order valence-corrected chi connectivity index (χ0v) is 13.4. The summed E-state index contributed by atoms with van der Waals surface area (Å²) in [5, 5.41) is 14.3. The van der Waals surface area contributed by atoms with Gasteiger partial charge in [-0.15, -0.1) is 24.8 Å². The molecule has 120 valence electrons. The molecule has 0 radical (unpaired) electrons. The third-order valence-corrected chi connectivity index (χ3v) is 3.52. The van der Waals surface area contributed by atoms with E-state index in [1.165, 1.54) is 12.1 Å². The Balaban J connectivity index is 0.00000200. The van der Waals surface area contributed by atoms with Gasteiger partial charge in [-0.25, -0.2) is 4.39 Å². The lowest BCUT2D eigenvalue weighted by atomic mass is 10.00. The second-order valence-corrected chi connectivity index (χ2v) is 4.67. The van der Waals surface area contributed by atoms with E-state index in [4.69, 9.17) is 0 Å². The predicted octanol–water partition coefficient (Wildman–Crippen LogP) is 2.93. The van der Waals surface area contributed by atoms with Crippen LogP contribution in [0.5, 0.6) is 0 Å². The van der Waals surface area contributed by atoms with Crippen molar-refractivity contribution in [1.29, 1.82) is 0 Å². The minimum absolute atomic E-state index is 0. The van der Waals surface area contributed by atoms with Gasteiger partial charge in [-0.05, 0) is 18.6 Å². The summed E-state index contributed by atoms with van der Waals surface area (Å²) in [6, 6.07) is 3.61. The van der Waals surface area contributed by atoms with Gasteiger partial charge >= 0.3 is 0 Å². The van der Waals surface area contributed by atoms with Gasteiger partial charge in [0.1, 0.15) is 5.82 Å². The van der Waals surface area contributed by atoms with E-state index >= 15 is 0 Å². The zero-order valence-electron chi connectivity index (χ0n) is 11.8. The van der Waals surface area contributed by atoms with Crippen molar-refractivity contribution >= 4 is 30.5 Å². The molecule has 0 saturated carbocycles. The minimum Gasteiger partial charge on any atom is -0.314 e. The van der Waals surface area contributed by atoms with Crippen LogP contribution in [0.2, 0.25) is 0 Å². The number of hydrogen-bond donors (Lipinski definition) is 1. The summed E-state index contributed by atoms with van der Waals surface area (Å²) in [6.07, 6.45) is 0.726. The van der Waals surface area contributed by atoms with E-state index < -0.39 is 10.7 Å². The van der Waals surface area contributed by atoms with Crippen LogP contribution in [0, 0.1) is 15.9 Å². The molecule has 1 aromatic rings. The first-order chi connectivity index (χ1) is 9.13. The minimum atomic E-state index is -0.431. The van der Waals surface area contributed by atoms with Crippen LogP contribution in [-0.2, 0) is 0 Å². The maximum atomic E-state index is 13.4. The van der Waals surface area contributed by atoms with Gasteiger partial charge in [0, 0.05) is 43.9 Å². The number of nitrogens with one attached hydrogen (secondary N) is 1. The molecule has 1 atom stereocenters. The first-order valence-electron chi connectivity index (χ1n) is 6.52. The Morgan fingerprint density at radius 2 is 2.00 bits per heavy atom. The van der Waals surface area contributed by atoms with Crippen LogP contribution < -0.4 is 5.32 Å². The van der Waals surface area contributed by atoms with Crippen molar-refractivity contribution in [2.75, 3.05) is 26.2 Å². The van der Waals surface area contributed by atoms with E-state index in [1.807, 2.05) is 6.92 Å². The Labute approximate surface area is 135 Å². The van der Waals surface area contributed by atoms with Gasteiger partial charge in [0.15, 0.2) is 0 Å². The van der Waals surface area contributed by atoms with Crippen LogP contribution in [0.4, 0.5) is 10.1 Å². The number of hydrogen-bond acceptors (Lipinski definition) is 4. The third-order valence-electron chi connectivity index (χ3n) is 3.52. The number of rotatable bonds is 4. The summed E-state index contributed by atoms with van der Waals surface area (Å²) in [7, 11) is 0. The Kier molecular flexibility index (Phi) is 8.73. The molecule has 0 amide bonds. The molecule has 1 aromatic carbocycles. The van der Waals surface area contributed by atoms with Gasteiger partial charge in [-0.1, -0.05) is 6.92 Å². The average molecular weight is 340 g/mol. The van der Waals surface area contributed by atoms with Crippen LogP contribution >= 0.6 is 24.8 Å². The largest absolute Gasteiger partial charge is 0.314 e. The van der Waals surface area contributed by atoms with Crippen molar-refractivity contribution in [3.05, 3.63) is 39.7 Å². The monoisotopic (exact) mass is 339 g/mol. The normalized spacial score (nSPS) is 16.5. The highest BCUT2D eigenvalue weighted by Crippen LogP contribution is 2.32. The molecule has 1 aliphatic rings. The van der Waals surface area contributed by atoms with Gasteiger partial charge in [-0.3, -0.25) is 15.0 Å². The van der Waals surface area contributed by atoms with Gasteiger partial charge < -0.3 is 5.32 Å². The van der Waals surface area contributed by atoms with E-state index in [0.29, 0.717) is 5.56 Å². The van der Waals surface area contributed by atoms with Gasteiger partial charge in [-0.2, -0.15) is 0 Å². The standard InChI is InChI=1S/C13H18FN3O2.2ClH/c1-2-12(16-7-5-15-6-8-16)11-9-10(14)3-4-13(11)17(18)19;;/h3-4,9,12,15H,2,5-8H2,1H3;2*1H/t12-;;/m0../s1. The van der Waals surface area contributed by atoms with Crippen molar-refractivity contribution in [3.63, 3.8) is 0 Å². The number of halogens is 3. The molecule has 1 saturated heterocycles. The highest BCUT2D eigenvalue weighted by molar-refractivity contribution is 5.85. The molecule has 0 spiro atoms. The van der Waals surface area contributed by atoms with E-state index in [9.17, 15) is 14.5 Å². The summed E-state index contributed by atoms with van der Waals surface area (Å²) < 4.78 is 13.4. The Morgan fingerprint density at radius 1 is 1.38 bits per heavy atom. The lowest BCUT2D eigenvalue weighted by molar-refractivity contribution is -0.386. The summed E-state index contributed by atoms with van der Waals surface area (Å²) in [4.78, 5) is 12.8. The number of nitro benzene ring substituents is 1. The van der Waals surface area contributed by atoms with E-state index in [-0.39, 0.29) is 36.5 Å². The number of nitro groups is 1. The highest BCUT2D eigenvalue weighted by atomic mass is 35.5. The fourth-order valence-corrected chi connectivity index (χ4v) is 2.63. The Bertz CT molecular complexity index is 471. The average Bonchev–Trinajstić information content (AvgIpc) is 2.40. The first-order valence-corrected chi connectivity index (χ1v) is 6.52. The molecule has 21 heavy (non-hydrogen) atoms. The van der Waals surface area contributed by atoms with E-state index in [2.05, 4.69) is 10.2 Å². The maximum absolute atomic E-state index is 13.4. The molecule has 2 rings (SSSR count). The van der Waals surface area contributed by atoms with Crippen LogP contribution in [-0.4, -0.2) is 36.0 Å². The Morgan fingerprint density at radius 3 is 2.52 bits per heavy atom. The summed E-state index contributed by atoms with van der Waals surface area (Å²) in [5.74, 6) is -0.422. The SMILES string of the molecule is CC[C@@H](c1cc(F)ccc1[N+](=O)[O-])N1CCNCC1.Cl.Cl. The molecule has 0 unspecified atom stereocenters. The van der Waals surface area contributed by atoms with Crippen LogP contribution in [0.3, 0.4) is 0 Å². The van der Waals surface area contributed by atoms with E-state index in [0.717, 1.165) is 38.7 Å². The second-order valence-electron chi connectivity index (χ2n) is 4.67. The first kappa shape index (κ1) is 20.1. The molecule has 0 bridgehead atoms. The smallest absolute Gasteiger partial charge is 0.274 e. The Hall–Kier alpha value is -0.950. The number of benzene rings is 1. The van der Waals surface area contributed by atoms with Gasteiger partial charge in [0.2, 0.25) is 0 Å². The van der Waals surface area contributed by atoms with Crippen LogP contribution in [0.1, 0.15) is 24.9 Å². The molecule has 0 aliphatic carbocycles. The quantitative estimate of drug-likeness (QED) is 0.676. The fourth-order valence-electron chi connectivity index (χ4n) is 2.63. The molecule has 1 heterocycles. The van der Waals surface area contributed by atoms with Crippen molar-refractivity contribution in [2.45, 2.75) is 19.4 Å². The van der Waals surface area contributed by atoms with E-state index in [1.54, 1.807) is 0 Å². The zero-order chi connectivity index (χ0) is 13.8. The lowest BCUT2D eigenvalue weighted by Crippen LogP contribution is -2.45. The second kappa shape index (κ2) is 9.15. The van der Waals surface area contributed by atoms with Gasteiger partial charge in [0.05, 0.1) is 4.92 Å². The van der Waals surface area contributed by atoms with Crippen LogP contribution in [0.15, 0.2) is 18.2 Å². The molecule has 5 nitrogen and oxygen atoms in total. The molecular formula is C13H20Cl2FN3O2. The van der Waals surface area contributed by atoms with Crippen molar-refractivity contribution < 1.29 is 9.31 Å². The van der Waals surface area contributed by atoms with Crippen molar-refractivity contribution in [3.8, 4) is 0 Å².